The Bertz CT molecular complexity index is 562. The Morgan fingerprint density at radius 3 is 2.65 bits per heavy atom. The van der Waals surface area contributed by atoms with E-state index < -0.39 is 5.79 Å². The highest BCUT2D eigenvalue weighted by Gasteiger charge is 2.41. The number of likely N-dealkylation sites (tertiary alicyclic amines) is 1. The second-order valence-corrected chi connectivity index (χ2v) is 6.01. The molecule has 2 aliphatic heterocycles. The van der Waals surface area contributed by atoms with Gasteiger partial charge in [0, 0.05) is 38.5 Å². The normalized spacial score (nSPS) is 20.0. The quantitative estimate of drug-likeness (QED) is 0.908. The van der Waals surface area contributed by atoms with E-state index in [4.69, 9.17) is 9.47 Å². The fourth-order valence-electron chi connectivity index (χ4n) is 3.02. The molecule has 1 N–H and O–H groups in total. The maximum atomic E-state index is 12.7. The lowest BCUT2D eigenvalue weighted by molar-refractivity contribution is -0.181. The Hall–Kier alpha value is -1.73. The number of amides is 1. The van der Waals surface area contributed by atoms with E-state index in [9.17, 15) is 4.79 Å². The molecule has 1 amide bonds. The number of piperidine rings is 1. The Morgan fingerprint density at radius 1 is 1.30 bits per heavy atom. The Kier molecular flexibility index (Phi) is 4.77. The predicted molar refractivity (Wildman–Crippen MR) is 85.3 cm³/mol. The first-order valence-electron chi connectivity index (χ1n) is 8.29. The number of anilines is 1. The maximum absolute atomic E-state index is 12.7. The zero-order valence-electron chi connectivity index (χ0n) is 13.8. The van der Waals surface area contributed by atoms with Crippen molar-refractivity contribution in [2.45, 2.75) is 38.9 Å². The molecule has 1 spiro atoms. The number of aromatic nitrogens is 2. The summed E-state index contributed by atoms with van der Waals surface area (Å²) in [7, 11) is 0. The lowest BCUT2D eigenvalue weighted by Gasteiger charge is -2.37. The highest BCUT2D eigenvalue weighted by molar-refractivity contribution is 5.93. The summed E-state index contributed by atoms with van der Waals surface area (Å²) < 4.78 is 11.4. The Labute approximate surface area is 136 Å². The summed E-state index contributed by atoms with van der Waals surface area (Å²) in [4.78, 5) is 23.2. The summed E-state index contributed by atoms with van der Waals surface area (Å²) in [5.41, 5.74) is 0.445. The number of carbonyl (C=O) groups is 1. The molecule has 2 saturated heterocycles. The third-order valence-electron chi connectivity index (χ3n) is 4.24. The lowest BCUT2D eigenvalue weighted by Crippen LogP contribution is -2.47. The fraction of sp³-hybridized carbons (Fsp3) is 0.688. The largest absolute Gasteiger partial charge is 0.370 e. The molecule has 1 aromatic rings. The number of carbonyl (C=O) groups excluding carboxylic acids is 1. The Morgan fingerprint density at radius 2 is 2.00 bits per heavy atom. The number of nitrogens with one attached hydrogen (secondary N) is 1. The molecular weight excluding hydrogens is 296 g/mol. The second kappa shape index (κ2) is 6.80. The molecule has 7 heteroatoms. The molecule has 0 radical (unpaired) electrons. The van der Waals surface area contributed by atoms with Crippen LogP contribution in [0.1, 0.15) is 42.5 Å². The molecule has 0 aromatic carbocycles. The average molecular weight is 320 g/mol. The molecular formula is C16H24N4O3. The SMILES string of the molecule is CCCNc1cc(C(=O)N2CCC3(CC2)OCCO3)nc(C)n1. The van der Waals surface area contributed by atoms with Crippen LogP contribution in [0.25, 0.3) is 0 Å². The minimum absolute atomic E-state index is 0.0529. The van der Waals surface area contributed by atoms with Crippen molar-refractivity contribution in [2.75, 3.05) is 38.2 Å². The number of aryl methyl sites for hydroxylation is 1. The number of rotatable bonds is 4. The van der Waals surface area contributed by atoms with E-state index in [1.54, 1.807) is 13.0 Å². The van der Waals surface area contributed by atoms with E-state index >= 15 is 0 Å². The van der Waals surface area contributed by atoms with Gasteiger partial charge in [0.2, 0.25) is 0 Å². The minimum Gasteiger partial charge on any atom is -0.370 e. The number of hydrogen-bond donors (Lipinski definition) is 1. The van der Waals surface area contributed by atoms with Gasteiger partial charge in [0.1, 0.15) is 17.3 Å². The van der Waals surface area contributed by atoms with Crippen molar-refractivity contribution in [3.63, 3.8) is 0 Å². The summed E-state index contributed by atoms with van der Waals surface area (Å²) in [5, 5.41) is 3.21. The van der Waals surface area contributed by atoms with Crippen molar-refractivity contribution in [3.05, 3.63) is 17.6 Å². The third kappa shape index (κ3) is 3.61. The van der Waals surface area contributed by atoms with Gasteiger partial charge in [0.15, 0.2) is 5.79 Å². The van der Waals surface area contributed by atoms with Crippen LogP contribution in [0, 0.1) is 6.92 Å². The van der Waals surface area contributed by atoms with Crippen LogP contribution in [-0.2, 0) is 9.47 Å². The standard InChI is InChI=1S/C16H24N4O3/c1-3-6-17-14-11-13(18-12(2)19-14)15(21)20-7-4-16(5-8-20)22-9-10-23-16/h11H,3-10H2,1-2H3,(H,17,18,19). The van der Waals surface area contributed by atoms with Gasteiger partial charge in [-0.25, -0.2) is 9.97 Å². The topological polar surface area (TPSA) is 76.6 Å². The first kappa shape index (κ1) is 16.1. The van der Waals surface area contributed by atoms with Crippen molar-refractivity contribution in [2.24, 2.45) is 0 Å². The van der Waals surface area contributed by atoms with E-state index in [-0.39, 0.29) is 5.91 Å². The minimum atomic E-state index is -0.466. The summed E-state index contributed by atoms with van der Waals surface area (Å²) in [6.07, 6.45) is 2.42. The first-order chi connectivity index (χ1) is 11.1. The lowest BCUT2D eigenvalue weighted by atomic mass is 10.0. The van der Waals surface area contributed by atoms with Crippen LogP contribution in [0.5, 0.6) is 0 Å². The highest BCUT2D eigenvalue weighted by Crippen LogP contribution is 2.31. The van der Waals surface area contributed by atoms with Crippen LogP contribution < -0.4 is 5.32 Å². The molecule has 0 unspecified atom stereocenters. The summed E-state index contributed by atoms with van der Waals surface area (Å²) in [6.45, 7) is 7.25. The van der Waals surface area contributed by atoms with Crippen LogP contribution >= 0.6 is 0 Å². The number of nitrogens with zero attached hydrogens (tertiary/aromatic N) is 3. The molecule has 126 valence electrons. The molecule has 3 heterocycles. The first-order valence-corrected chi connectivity index (χ1v) is 8.29. The molecule has 0 bridgehead atoms. The monoisotopic (exact) mass is 320 g/mol. The van der Waals surface area contributed by atoms with Gasteiger partial charge >= 0.3 is 0 Å². The molecule has 0 saturated carbocycles. The number of hydrogen-bond acceptors (Lipinski definition) is 6. The van der Waals surface area contributed by atoms with E-state index in [0.29, 0.717) is 56.5 Å². The van der Waals surface area contributed by atoms with Crippen molar-refractivity contribution in [1.29, 1.82) is 0 Å². The smallest absolute Gasteiger partial charge is 0.272 e. The summed E-state index contributed by atoms with van der Waals surface area (Å²) in [5.74, 6) is 0.790. The van der Waals surface area contributed by atoms with Gasteiger partial charge in [-0.3, -0.25) is 4.79 Å². The predicted octanol–water partition coefficient (Wildman–Crippen LogP) is 1.59. The fourth-order valence-corrected chi connectivity index (χ4v) is 3.02. The second-order valence-electron chi connectivity index (χ2n) is 6.01. The van der Waals surface area contributed by atoms with Gasteiger partial charge in [-0.05, 0) is 13.3 Å². The van der Waals surface area contributed by atoms with Gasteiger partial charge < -0.3 is 19.7 Å². The third-order valence-corrected chi connectivity index (χ3v) is 4.24. The van der Waals surface area contributed by atoms with Crippen LogP contribution in [0.15, 0.2) is 6.07 Å². The van der Waals surface area contributed by atoms with Gasteiger partial charge in [-0.15, -0.1) is 0 Å². The van der Waals surface area contributed by atoms with Crippen LogP contribution in [0.4, 0.5) is 5.82 Å². The van der Waals surface area contributed by atoms with Crippen molar-refractivity contribution < 1.29 is 14.3 Å². The molecule has 2 fully saturated rings. The molecule has 0 atom stereocenters. The zero-order valence-corrected chi connectivity index (χ0v) is 13.8. The van der Waals surface area contributed by atoms with E-state index in [2.05, 4.69) is 22.2 Å². The molecule has 7 nitrogen and oxygen atoms in total. The summed E-state index contributed by atoms with van der Waals surface area (Å²) in [6, 6.07) is 1.73. The van der Waals surface area contributed by atoms with Crippen LogP contribution in [-0.4, -0.2) is 59.4 Å². The molecule has 3 rings (SSSR count). The van der Waals surface area contributed by atoms with E-state index in [1.165, 1.54) is 0 Å². The van der Waals surface area contributed by atoms with Crippen LogP contribution in [0.3, 0.4) is 0 Å². The molecule has 1 aromatic heterocycles. The maximum Gasteiger partial charge on any atom is 0.272 e. The average Bonchev–Trinajstić information content (AvgIpc) is 3.00. The zero-order chi connectivity index (χ0) is 16.3. The number of ether oxygens (including phenoxy) is 2. The molecule has 0 aliphatic carbocycles. The van der Waals surface area contributed by atoms with Gasteiger partial charge in [-0.2, -0.15) is 0 Å². The molecule has 2 aliphatic rings. The van der Waals surface area contributed by atoms with Crippen molar-refractivity contribution in [3.8, 4) is 0 Å². The van der Waals surface area contributed by atoms with Crippen molar-refractivity contribution >= 4 is 11.7 Å². The van der Waals surface area contributed by atoms with Crippen molar-refractivity contribution in [1.82, 2.24) is 14.9 Å². The Balaban J connectivity index is 1.67. The van der Waals surface area contributed by atoms with Gasteiger partial charge in [-0.1, -0.05) is 6.92 Å². The molecule has 23 heavy (non-hydrogen) atoms. The summed E-state index contributed by atoms with van der Waals surface area (Å²) >= 11 is 0. The van der Waals surface area contributed by atoms with Gasteiger partial charge in [0.05, 0.1) is 13.2 Å². The van der Waals surface area contributed by atoms with E-state index in [0.717, 1.165) is 13.0 Å². The van der Waals surface area contributed by atoms with E-state index in [1.807, 2.05) is 4.90 Å². The highest BCUT2D eigenvalue weighted by atomic mass is 16.7. The van der Waals surface area contributed by atoms with Crippen LogP contribution in [0.2, 0.25) is 0 Å². The van der Waals surface area contributed by atoms with Gasteiger partial charge in [0.25, 0.3) is 5.91 Å².